The third-order valence-electron chi connectivity index (χ3n) is 1.82. The maximum absolute atomic E-state index is 11.1. The van der Waals surface area contributed by atoms with Crippen molar-refractivity contribution in [3.05, 3.63) is 0 Å². The first-order valence-corrected chi connectivity index (χ1v) is 3.85. The lowest BCUT2D eigenvalue weighted by atomic mass is 10.1. The molecule has 1 aliphatic heterocycles. The highest BCUT2D eigenvalue weighted by Crippen LogP contribution is 2.07. The van der Waals surface area contributed by atoms with Gasteiger partial charge in [-0.25, -0.2) is 4.79 Å². The number of likely N-dealkylation sites (tertiary alicyclic amines) is 1. The summed E-state index contributed by atoms with van der Waals surface area (Å²) in [6, 6.07) is 1.99. The molecule has 3 nitrogen and oxygen atoms in total. The number of hydrogen-bond acceptors (Lipinski definition) is 1. The van der Waals surface area contributed by atoms with E-state index in [-0.39, 0.29) is 6.03 Å². The molecule has 0 aromatic heterocycles. The summed E-state index contributed by atoms with van der Waals surface area (Å²) in [4.78, 5) is 12.8. The van der Waals surface area contributed by atoms with Gasteiger partial charge in [-0.15, -0.1) is 0 Å². The van der Waals surface area contributed by atoms with Gasteiger partial charge < -0.3 is 4.90 Å². The standard InChI is InChI=1S/C8H12N2O/c1-2-9-8(11)10-6-4-3-5-7-10/h1H,3-7H2,(H,9,11). The van der Waals surface area contributed by atoms with Gasteiger partial charge in [-0.05, 0) is 19.3 Å². The molecule has 0 aromatic carbocycles. The average Bonchev–Trinajstić information content (AvgIpc) is 2.07. The van der Waals surface area contributed by atoms with E-state index in [4.69, 9.17) is 6.42 Å². The number of terminal acetylenes is 1. The molecular weight excluding hydrogens is 140 g/mol. The second-order valence-corrected chi connectivity index (χ2v) is 2.62. The van der Waals surface area contributed by atoms with Crippen LogP contribution in [-0.2, 0) is 0 Å². The summed E-state index contributed by atoms with van der Waals surface area (Å²) in [5.41, 5.74) is 0. The lowest BCUT2D eigenvalue weighted by Gasteiger charge is -2.25. The predicted octanol–water partition coefficient (Wildman–Crippen LogP) is 0.773. The molecule has 3 heteroatoms. The van der Waals surface area contributed by atoms with E-state index >= 15 is 0 Å². The van der Waals surface area contributed by atoms with E-state index in [0.717, 1.165) is 25.9 Å². The van der Waals surface area contributed by atoms with E-state index in [1.165, 1.54) is 6.42 Å². The zero-order valence-electron chi connectivity index (χ0n) is 6.47. The lowest BCUT2D eigenvalue weighted by molar-refractivity contribution is 0.191. The largest absolute Gasteiger partial charge is 0.329 e. The Kier molecular flexibility index (Phi) is 2.79. The Morgan fingerprint density at radius 2 is 2.00 bits per heavy atom. The topological polar surface area (TPSA) is 32.3 Å². The van der Waals surface area contributed by atoms with Gasteiger partial charge in [0.1, 0.15) is 0 Å². The summed E-state index contributed by atoms with van der Waals surface area (Å²) < 4.78 is 0. The van der Waals surface area contributed by atoms with Crippen LogP contribution in [0, 0.1) is 12.5 Å². The number of rotatable bonds is 0. The zero-order chi connectivity index (χ0) is 8.10. The summed E-state index contributed by atoms with van der Waals surface area (Å²) in [5.74, 6) is 0. The van der Waals surface area contributed by atoms with E-state index < -0.39 is 0 Å². The summed E-state index contributed by atoms with van der Waals surface area (Å²) >= 11 is 0. The van der Waals surface area contributed by atoms with Gasteiger partial charge >= 0.3 is 6.03 Å². The van der Waals surface area contributed by atoms with Crippen LogP contribution >= 0.6 is 0 Å². The second kappa shape index (κ2) is 3.87. The first-order chi connectivity index (χ1) is 5.34. The van der Waals surface area contributed by atoms with E-state index in [1.807, 2.05) is 0 Å². The number of nitrogens with zero attached hydrogens (tertiary/aromatic N) is 1. The van der Waals surface area contributed by atoms with Gasteiger partial charge in [0.25, 0.3) is 0 Å². The fourth-order valence-corrected chi connectivity index (χ4v) is 1.24. The normalized spacial score (nSPS) is 17.2. The highest BCUT2D eigenvalue weighted by Gasteiger charge is 2.14. The van der Waals surface area contributed by atoms with Gasteiger partial charge in [0.05, 0.1) is 0 Å². The average molecular weight is 152 g/mol. The molecule has 0 atom stereocenters. The smallest absolute Gasteiger partial charge is 0.324 e. The van der Waals surface area contributed by atoms with Crippen LogP contribution in [0.4, 0.5) is 4.79 Å². The monoisotopic (exact) mass is 152 g/mol. The molecular formula is C8H12N2O. The van der Waals surface area contributed by atoms with Crippen LogP contribution in [0.25, 0.3) is 0 Å². The van der Waals surface area contributed by atoms with E-state index in [0.29, 0.717) is 0 Å². The van der Waals surface area contributed by atoms with Crippen LogP contribution in [-0.4, -0.2) is 24.0 Å². The van der Waals surface area contributed by atoms with Gasteiger partial charge in [0, 0.05) is 19.1 Å². The maximum Gasteiger partial charge on any atom is 0.329 e. The molecule has 0 aliphatic carbocycles. The SMILES string of the molecule is C#CNC(=O)N1CCCCC1. The molecule has 1 rings (SSSR count). The molecule has 0 saturated carbocycles. The zero-order valence-corrected chi connectivity index (χ0v) is 6.47. The molecule has 1 aliphatic rings. The van der Waals surface area contributed by atoms with Crippen LogP contribution < -0.4 is 5.32 Å². The number of hydrogen-bond donors (Lipinski definition) is 1. The molecule has 1 heterocycles. The molecule has 0 unspecified atom stereocenters. The van der Waals surface area contributed by atoms with Crippen LogP contribution in [0.1, 0.15) is 19.3 Å². The van der Waals surface area contributed by atoms with Gasteiger partial charge in [-0.3, -0.25) is 5.32 Å². The van der Waals surface area contributed by atoms with Gasteiger partial charge in [0.2, 0.25) is 0 Å². The minimum Gasteiger partial charge on any atom is -0.324 e. The van der Waals surface area contributed by atoms with Crippen molar-refractivity contribution < 1.29 is 4.79 Å². The Morgan fingerprint density at radius 3 is 2.55 bits per heavy atom. The molecule has 0 bridgehead atoms. The van der Waals surface area contributed by atoms with Crippen molar-refractivity contribution in [1.82, 2.24) is 10.2 Å². The number of piperidine rings is 1. The third kappa shape index (κ3) is 2.15. The van der Waals surface area contributed by atoms with Crippen molar-refractivity contribution in [3.63, 3.8) is 0 Å². The molecule has 1 N–H and O–H groups in total. The minimum atomic E-state index is -0.132. The van der Waals surface area contributed by atoms with Gasteiger partial charge in [0.15, 0.2) is 0 Å². The Morgan fingerprint density at radius 1 is 1.36 bits per heavy atom. The van der Waals surface area contributed by atoms with Crippen molar-refractivity contribution in [3.8, 4) is 12.5 Å². The molecule has 0 spiro atoms. The predicted molar refractivity (Wildman–Crippen MR) is 42.8 cm³/mol. The minimum absolute atomic E-state index is 0.132. The van der Waals surface area contributed by atoms with Crippen molar-refractivity contribution in [2.45, 2.75) is 19.3 Å². The third-order valence-corrected chi connectivity index (χ3v) is 1.82. The van der Waals surface area contributed by atoms with Gasteiger partial charge in [-0.1, -0.05) is 6.42 Å². The fourth-order valence-electron chi connectivity index (χ4n) is 1.24. The van der Waals surface area contributed by atoms with Crippen molar-refractivity contribution >= 4 is 6.03 Å². The summed E-state index contributed by atoms with van der Waals surface area (Å²) in [6.45, 7) is 1.68. The highest BCUT2D eigenvalue weighted by atomic mass is 16.2. The van der Waals surface area contributed by atoms with Crippen LogP contribution in [0.3, 0.4) is 0 Å². The first kappa shape index (κ1) is 7.93. The van der Waals surface area contributed by atoms with Crippen molar-refractivity contribution in [2.24, 2.45) is 0 Å². The van der Waals surface area contributed by atoms with E-state index in [9.17, 15) is 4.79 Å². The van der Waals surface area contributed by atoms with Crippen LogP contribution in [0.5, 0.6) is 0 Å². The fraction of sp³-hybridized carbons (Fsp3) is 0.625. The second-order valence-electron chi connectivity index (χ2n) is 2.62. The van der Waals surface area contributed by atoms with Crippen LogP contribution in [0.15, 0.2) is 0 Å². The number of carbonyl (C=O) groups is 1. The quantitative estimate of drug-likeness (QED) is 0.403. The Balaban J connectivity index is 2.34. The molecule has 2 amide bonds. The summed E-state index contributed by atoms with van der Waals surface area (Å²) in [5, 5.41) is 2.33. The Bertz CT molecular complexity index is 177. The molecule has 60 valence electrons. The molecule has 0 radical (unpaired) electrons. The lowest BCUT2D eigenvalue weighted by Crippen LogP contribution is -2.40. The molecule has 0 aromatic rings. The maximum atomic E-state index is 11.1. The number of nitrogens with one attached hydrogen (secondary N) is 1. The first-order valence-electron chi connectivity index (χ1n) is 3.85. The number of urea groups is 1. The Hall–Kier alpha value is -1.17. The van der Waals surface area contributed by atoms with Crippen LogP contribution in [0.2, 0.25) is 0 Å². The van der Waals surface area contributed by atoms with Crippen molar-refractivity contribution in [2.75, 3.05) is 13.1 Å². The number of carbonyl (C=O) groups excluding carboxylic acids is 1. The van der Waals surface area contributed by atoms with Crippen molar-refractivity contribution in [1.29, 1.82) is 0 Å². The molecule has 1 fully saturated rings. The Labute approximate surface area is 66.8 Å². The summed E-state index contributed by atoms with van der Waals surface area (Å²) in [7, 11) is 0. The van der Waals surface area contributed by atoms with Gasteiger partial charge in [-0.2, -0.15) is 0 Å². The molecule has 1 saturated heterocycles. The van der Waals surface area contributed by atoms with E-state index in [2.05, 4.69) is 11.4 Å². The number of amides is 2. The molecule has 11 heavy (non-hydrogen) atoms. The highest BCUT2D eigenvalue weighted by molar-refractivity contribution is 5.75. The summed E-state index contributed by atoms with van der Waals surface area (Å²) in [6.07, 6.45) is 8.34. The van der Waals surface area contributed by atoms with E-state index in [1.54, 1.807) is 4.90 Å².